The first-order chi connectivity index (χ1) is 9.24. The van der Waals surface area contributed by atoms with E-state index >= 15 is 0 Å². The first-order valence-electron chi connectivity index (χ1n) is 6.25. The van der Waals surface area contributed by atoms with Crippen LogP contribution in [-0.4, -0.2) is 4.98 Å². The number of fused-ring (bicyclic) bond motifs is 1. The molecule has 0 unspecified atom stereocenters. The second-order valence-corrected chi connectivity index (χ2v) is 4.60. The number of halogens is 1. The normalized spacial score (nSPS) is 11.5. The first-order valence-corrected chi connectivity index (χ1v) is 6.25. The highest BCUT2D eigenvalue weighted by molar-refractivity contribution is 5.93. The van der Waals surface area contributed by atoms with Gasteiger partial charge in [0, 0.05) is 22.2 Å². The van der Waals surface area contributed by atoms with Crippen molar-refractivity contribution in [1.29, 1.82) is 0 Å². The zero-order chi connectivity index (χ0) is 13.2. The van der Waals surface area contributed by atoms with E-state index in [9.17, 15) is 4.39 Å². The van der Waals surface area contributed by atoms with Crippen LogP contribution in [0.4, 0.5) is 4.39 Å². The average molecular weight is 251 g/mol. The fraction of sp³-hybridized carbons (Fsp3) is 0.0588. The Morgan fingerprint density at radius 1 is 1.00 bits per heavy atom. The van der Waals surface area contributed by atoms with Crippen LogP contribution in [0, 0.1) is 12.7 Å². The van der Waals surface area contributed by atoms with Gasteiger partial charge in [-0.25, -0.2) is 4.39 Å². The van der Waals surface area contributed by atoms with Crippen LogP contribution in [0.3, 0.4) is 0 Å². The van der Waals surface area contributed by atoms with Crippen molar-refractivity contribution in [2.75, 3.05) is 0 Å². The smallest absolute Gasteiger partial charge is 0.123 e. The Bertz CT molecular complexity index is 739. The standard InChI is InChI=1S/C17H14FN/c1-12-15(9-7-13-5-3-2-4-6-13)16-11-14(18)8-10-17(16)19-12/h2-11,19H,1H3/b9-7+. The van der Waals surface area contributed by atoms with Gasteiger partial charge in [0.2, 0.25) is 0 Å². The minimum Gasteiger partial charge on any atom is -0.358 e. The molecular formula is C17H14FN. The van der Waals surface area contributed by atoms with Crippen LogP contribution in [0.2, 0.25) is 0 Å². The van der Waals surface area contributed by atoms with E-state index in [2.05, 4.69) is 4.98 Å². The van der Waals surface area contributed by atoms with E-state index in [1.165, 1.54) is 6.07 Å². The molecule has 0 amide bonds. The third-order valence-corrected chi connectivity index (χ3v) is 3.24. The molecule has 0 saturated heterocycles. The molecule has 0 aliphatic carbocycles. The highest BCUT2D eigenvalue weighted by Gasteiger charge is 2.06. The van der Waals surface area contributed by atoms with Crippen LogP contribution < -0.4 is 0 Å². The Hall–Kier alpha value is -2.35. The minimum absolute atomic E-state index is 0.208. The molecule has 2 aromatic carbocycles. The Morgan fingerprint density at radius 2 is 1.79 bits per heavy atom. The van der Waals surface area contributed by atoms with E-state index in [1.807, 2.05) is 49.4 Å². The number of benzene rings is 2. The fourth-order valence-electron chi connectivity index (χ4n) is 2.28. The summed E-state index contributed by atoms with van der Waals surface area (Å²) >= 11 is 0. The number of aromatic amines is 1. The number of nitrogens with one attached hydrogen (secondary N) is 1. The van der Waals surface area contributed by atoms with Crippen LogP contribution in [0.1, 0.15) is 16.8 Å². The first kappa shape index (κ1) is 11.7. The van der Waals surface area contributed by atoms with Crippen LogP contribution in [0.15, 0.2) is 48.5 Å². The molecule has 2 heteroatoms. The molecule has 19 heavy (non-hydrogen) atoms. The summed E-state index contributed by atoms with van der Waals surface area (Å²) in [5.41, 5.74) is 4.19. The van der Waals surface area contributed by atoms with E-state index in [0.29, 0.717) is 0 Å². The maximum atomic E-state index is 13.4. The summed E-state index contributed by atoms with van der Waals surface area (Å²) in [4.78, 5) is 3.27. The van der Waals surface area contributed by atoms with Gasteiger partial charge in [0.05, 0.1) is 0 Å². The van der Waals surface area contributed by atoms with Gasteiger partial charge in [0.25, 0.3) is 0 Å². The van der Waals surface area contributed by atoms with Gasteiger partial charge in [-0.15, -0.1) is 0 Å². The summed E-state index contributed by atoms with van der Waals surface area (Å²) in [7, 11) is 0. The van der Waals surface area contributed by atoms with Crippen molar-refractivity contribution >= 4 is 23.1 Å². The van der Waals surface area contributed by atoms with Crippen molar-refractivity contribution in [3.05, 3.63) is 71.2 Å². The van der Waals surface area contributed by atoms with Gasteiger partial charge in [-0.1, -0.05) is 42.5 Å². The molecule has 0 aliphatic rings. The molecule has 1 heterocycles. The van der Waals surface area contributed by atoms with Crippen molar-refractivity contribution in [3.8, 4) is 0 Å². The summed E-state index contributed by atoms with van der Waals surface area (Å²) in [6, 6.07) is 14.9. The van der Waals surface area contributed by atoms with Crippen molar-refractivity contribution in [1.82, 2.24) is 4.98 Å². The number of rotatable bonds is 2. The third kappa shape index (κ3) is 2.29. The molecule has 1 aromatic heterocycles. The van der Waals surface area contributed by atoms with Gasteiger partial charge in [0.15, 0.2) is 0 Å². The number of H-pyrrole nitrogens is 1. The second kappa shape index (κ2) is 4.73. The summed E-state index contributed by atoms with van der Waals surface area (Å²) in [6.45, 7) is 2.00. The van der Waals surface area contributed by atoms with E-state index < -0.39 is 0 Å². The van der Waals surface area contributed by atoms with Crippen molar-refractivity contribution < 1.29 is 4.39 Å². The van der Waals surface area contributed by atoms with E-state index in [1.54, 1.807) is 12.1 Å². The Labute approximate surface area is 111 Å². The largest absolute Gasteiger partial charge is 0.358 e. The zero-order valence-electron chi connectivity index (χ0n) is 10.7. The molecule has 1 nitrogen and oxygen atoms in total. The SMILES string of the molecule is Cc1[nH]c2ccc(F)cc2c1/C=C/c1ccccc1. The number of hydrogen-bond donors (Lipinski definition) is 1. The Morgan fingerprint density at radius 3 is 2.58 bits per heavy atom. The summed E-state index contributed by atoms with van der Waals surface area (Å²) < 4.78 is 13.4. The topological polar surface area (TPSA) is 15.8 Å². The molecular weight excluding hydrogens is 237 g/mol. The molecule has 94 valence electrons. The number of aromatic nitrogens is 1. The van der Waals surface area contributed by atoms with Gasteiger partial charge < -0.3 is 4.98 Å². The Kier molecular flexibility index (Phi) is 2.92. The lowest BCUT2D eigenvalue weighted by atomic mass is 10.1. The predicted molar refractivity (Wildman–Crippen MR) is 78.4 cm³/mol. The lowest BCUT2D eigenvalue weighted by Crippen LogP contribution is -1.76. The highest BCUT2D eigenvalue weighted by atomic mass is 19.1. The maximum Gasteiger partial charge on any atom is 0.123 e. The van der Waals surface area contributed by atoms with E-state index in [0.717, 1.165) is 27.7 Å². The van der Waals surface area contributed by atoms with Crippen LogP contribution in [0.25, 0.3) is 23.1 Å². The number of aryl methyl sites for hydroxylation is 1. The van der Waals surface area contributed by atoms with Gasteiger partial charge in [-0.05, 0) is 30.7 Å². The summed E-state index contributed by atoms with van der Waals surface area (Å²) in [5.74, 6) is -0.208. The van der Waals surface area contributed by atoms with Gasteiger partial charge >= 0.3 is 0 Å². The molecule has 0 bridgehead atoms. The van der Waals surface area contributed by atoms with Crippen molar-refractivity contribution in [2.45, 2.75) is 6.92 Å². The summed E-state index contributed by atoms with van der Waals surface area (Å²) in [6.07, 6.45) is 4.07. The lowest BCUT2D eigenvalue weighted by molar-refractivity contribution is 0.629. The van der Waals surface area contributed by atoms with Crippen LogP contribution in [0.5, 0.6) is 0 Å². The number of hydrogen-bond acceptors (Lipinski definition) is 0. The lowest BCUT2D eigenvalue weighted by Gasteiger charge is -1.95. The molecule has 0 atom stereocenters. The van der Waals surface area contributed by atoms with Crippen LogP contribution in [-0.2, 0) is 0 Å². The van der Waals surface area contributed by atoms with E-state index in [-0.39, 0.29) is 5.82 Å². The van der Waals surface area contributed by atoms with Gasteiger partial charge in [-0.3, -0.25) is 0 Å². The highest BCUT2D eigenvalue weighted by Crippen LogP contribution is 2.25. The average Bonchev–Trinajstić information content (AvgIpc) is 2.73. The third-order valence-electron chi connectivity index (χ3n) is 3.24. The Balaban J connectivity index is 2.07. The molecule has 0 spiro atoms. The van der Waals surface area contributed by atoms with Crippen molar-refractivity contribution in [2.24, 2.45) is 0 Å². The maximum absolute atomic E-state index is 13.4. The summed E-state index contributed by atoms with van der Waals surface area (Å²) in [5, 5.41) is 0.921. The molecule has 0 fully saturated rings. The van der Waals surface area contributed by atoms with Gasteiger partial charge in [-0.2, -0.15) is 0 Å². The second-order valence-electron chi connectivity index (χ2n) is 4.60. The van der Waals surface area contributed by atoms with Crippen LogP contribution >= 0.6 is 0 Å². The zero-order valence-corrected chi connectivity index (χ0v) is 10.7. The van der Waals surface area contributed by atoms with Crippen molar-refractivity contribution in [3.63, 3.8) is 0 Å². The van der Waals surface area contributed by atoms with E-state index in [4.69, 9.17) is 0 Å². The monoisotopic (exact) mass is 251 g/mol. The molecule has 1 N–H and O–H groups in total. The van der Waals surface area contributed by atoms with Gasteiger partial charge in [0.1, 0.15) is 5.82 Å². The molecule has 0 saturated carbocycles. The molecule has 3 rings (SSSR count). The predicted octanol–water partition coefficient (Wildman–Crippen LogP) is 4.79. The minimum atomic E-state index is -0.208. The molecule has 3 aromatic rings. The molecule has 0 radical (unpaired) electrons. The quantitative estimate of drug-likeness (QED) is 0.674. The fourth-order valence-corrected chi connectivity index (χ4v) is 2.28. The molecule has 0 aliphatic heterocycles.